The molecule has 0 atom stereocenters. The molecular formula is C18H17N5OS. The summed E-state index contributed by atoms with van der Waals surface area (Å²) in [5.74, 6) is -0.0903. The molecule has 0 spiro atoms. The van der Waals surface area contributed by atoms with Crippen LogP contribution < -0.4 is 0 Å². The lowest BCUT2D eigenvalue weighted by Crippen LogP contribution is -2.31. The van der Waals surface area contributed by atoms with Gasteiger partial charge in [-0.1, -0.05) is 12.1 Å². The lowest BCUT2D eigenvalue weighted by atomic mass is 10.2. The van der Waals surface area contributed by atoms with Crippen LogP contribution in [0.4, 0.5) is 0 Å². The molecule has 4 aromatic rings. The molecule has 0 aliphatic rings. The maximum Gasteiger partial charge on any atom is 0.274 e. The molecule has 0 aliphatic carbocycles. The maximum absolute atomic E-state index is 12.8. The summed E-state index contributed by atoms with van der Waals surface area (Å²) in [4.78, 5) is 20.1. The number of nitrogens with zero attached hydrogens (tertiary/aromatic N) is 4. The number of hydrogen-bond donors (Lipinski definition) is 1. The fraction of sp³-hybridized carbons (Fsp3) is 0.167. The molecule has 1 amide bonds. The minimum Gasteiger partial charge on any atom is -0.332 e. The molecule has 0 unspecified atom stereocenters. The van der Waals surface area contributed by atoms with E-state index in [0.717, 1.165) is 21.9 Å². The van der Waals surface area contributed by atoms with Crippen LogP contribution in [-0.4, -0.2) is 36.9 Å². The van der Waals surface area contributed by atoms with E-state index in [9.17, 15) is 4.79 Å². The van der Waals surface area contributed by atoms with Crippen molar-refractivity contribution in [1.82, 2.24) is 24.5 Å². The van der Waals surface area contributed by atoms with E-state index < -0.39 is 0 Å². The van der Waals surface area contributed by atoms with Crippen LogP contribution in [-0.2, 0) is 6.54 Å². The van der Waals surface area contributed by atoms with Crippen molar-refractivity contribution < 1.29 is 4.79 Å². The Labute approximate surface area is 148 Å². The lowest BCUT2D eigenvalue weighted by molar-refractivity contribution is 0.0744. The quantitative estimate of drug-likeness (QED) is 0.599. The molecule has 0 bridgehead atoms. The normalized spacial score (nSPS) is 11.1. The molecule has 4 aromatic heterocycles. The van der Waals surface area contributed by atoms with Gasteiger partial charge < -0.3 is 9.30 Å². The molecule has 0 fully saturated rings. The molecule has 4 heterocycles. The highest BCUT2D eigenvalue weighted by Crippen LogP contribution is 2.23. The van der Waals surface area contributed by atoms with Gasteiger partial charge in [-0.05, 0) is 36.6 Å². The van der Waals surface area contributed by atoms with Crippen LogP contribution in [0.15, 0.2) is 54.2 Å². The van der Waals surface area contributed by atoms with E-state index in [1.807, 2.05) is 65.5 Å². The van der Waals surface area contributed by atoms with E-state index in [1.165, 1.54) is 0 Å². The van der Waals surface area contributed by atoms with Gasteiger partial charge in [-0.3, -0.25) is 9.89 Å². The van der Waals surface area contributed by atoms with Crippen LogP contribution >= 0.6 is 11.3 Å². The van der Waals surface area contributed by atoms with Crippen molar-refractivity contribution in [3.05, 3.63) is 65.6 Å². The molecule has 1 N–H and O–H groups in total. The fourth-order valence-corrected chi connectivity index (χ4v) is 3.47. The van der Waals surface area contributed by atoms with Gasteiger partial charge in [0.2, 0.25) is 0 Å². The molecule has 25 heavy (non-hydrogen) atoms. The minimum absolute atomic E-state index is 0.0903. The molecule has 7 heteroatoms. The van der Waals surface area contributed by atoms with E-state index in [1.54, 1.807) is 16.2 Å². The number of carbonyl (C=O) groups excluding carboxylic acids is 1. The SMILES string of the molecule is CCN(Cc1cnc2ccccn12)C(=O)c1cc(-c2cccs2)[nH]n1. The third-order valence-electron chi connectivity index (χ3n) is 4.10. The second-order valence-electron chi connectivity index (χ2n) is 5.64. The first-order chi connectivity index (χ1) is 12.3. The van der Waals surface area contributed by atoms with Gasteiger partial charge >= 0.3 is 0 Å². The third-order valence-corrected chi connectivity index (χ3v) is 5.00. The number of thiophene rings is 1. The van der Waals surface area contributed by atoms with Crippen molar-refractivity contribution in [2.24, 2.45) is 0 Å². The number of carbonyl (C=O) groups is 1. The topological polar surface area (TPSA) is 66.3 Å². The molecule has 126 valence electrons. The van der Waals surface area contributed by atoms with Gasteiger partial charge in [-0.15, -0.1) is 11.3 Å². The molecule has 0 radical (unpaired) electrons. The third kappa shape index (κ3) is 2.94. The van der Waals surface area contributed by atoms with E-state index in [4.69, 9.17) is 0 Å². The average molecular weight is 351 g/mol. The van der Waals surface area contributed by atoms with Crippen LogP contribution in [0.2, 0.25) is 0 Å². The van der Waals surface area contributed by atoms with Crippen molar-refractivity contribution in [2.45, 2.75) is 13.5 Å². The zero-order valence-electron chi connectivity index (χ0n) is 13.7. The highest BCUT2D eigenvalue weighted by atomic mass is 32.1. The molecule has 0 aromatic carbocycles. The van der Waals surface area contributed by atoms with Crippen LogP contribution in [0.25, 0.3) is 16.2 Å². The van der Waals surface area contributed by atoms with Crippen molar-refractivity contribution >= 4 is 22.9 Å². The highest BCUT2D eigenvalue weighted by molar-refractivity contribution is 7.13. The smallest absolute Gasteiger partial charge is 0.274 e. The Hall–Kier alpha value is -2.93. The summed E-state index contributed by atoms with van der Waals surface area (Å²) < 4.78 is 2.00. The molecule has 4 rings (SSSR count). The summed E-state index contributed by atoms with van der Waals surface area (Å²) in [5.41, 5.74) is 3.14. The van der Waals surface area contributed by atoms with Gasteiger partial charge in [0.05, 0.1) is 29.0 Å². The molecule has 0 aliphatic heterocycles. The number of nitrogens with one attached hydrogen (secondary N) is 1. The Morgan fingerprint density at radius 3 is 3.04 bits per heavy atom. The molecule has 6 nitrogen and oxygen atoms in total. The number of pyridine rings is 1. The first-order valence-corrected chi connectivity index (χ1v) is 8.93. The highest BCUT2D eigenvalue weighted by Gasteiger charge is 2.19. The molecular weight excluding hydrogens is 334 g/mol. The second-order valence-corrected chi connectivity index (χ2v) is 6.59. The lowest BCUT2D eigenvalue weighted by Gasteiger charge is -2.19. The zero-order valence-corrected chi connectivity index (χ0v) is 14.5. The minimum atomic E-state index is -0.0903. The first kappa shape index (κ1) is 15.6. The number of fused-ring (bicyclic) bond motifs is 1. The van der Waals surface area contributed by atoms with Crippen molar-refractivity contribution in [3.63, 3.8) is 0 Å². The Morgan fingerprint density at radius 2 is 2.24 bits per heavy atom. The molecule has 0 saturated carbocycles. The first-order valence-electron chi connectivity index (χ1n) is 8.06. The van der Waals surface area contributed by atoms with Gasteiger partial charge in [0, 0.05) is 12.7 Å². The predicted molar refractivity (Wildman–Crippen MR) is 97.5 cm³/mol. The van der Waals surface area contributed by atoms with Crippen LogP contribution in [0.5, 0.6) is 0 Å². The van der Waals surface area contributed by atoms with E-state index in [2.05, 4.69) is 15.2 Å². The zero-order chi connectivity index (χ0) is 17.2. The largest absolute Gasteiger partial charge is 0.332 e. The number of hydrogen-bond acceptors (Lipinski definition) is 4. The number of aromatic amines is 1. The van der Waals surface area contributed by atoms with Crippen LogP contribution in [0, 0.1) is 0 Å². The Kier molecular flexibility index (Phi) is 4.07. The number of H-pyrrole nitrogens is 1. The predicted octanol–water partition coefficient (Wildman–Crippen LogP) is 3.45. The standard InChI is InChI=1S/C18H17N5OS/c1-2-22(12-13-11-19-17-7-3-4-8-23(13)17)18(24)15-10-14(20-21-15)16-6-5-9-25-16/h3-11H,2,12H2,1H3,(H,20,21). The number of amides is 1. The fourth-order valence-electron chi connectivity index (χ4n) is 2.78. The number of imidazole rings is 1. The maximum atomic E-state index is 12.8. The average Bonchev–Trinajstić information content (AvgIpc) is 3.39. The van der Waals surface area contributed by atoms with Gasteiger partial charge in [0.1, 0.15) is 5.65 Å². The summed E-state index contributed by atoms with van der Waals surface area (Å²) in [6, 6.07) is 11.6. The summed E-state index contributed by atoms with van der Waals surface area (Å²) in [6.45, 7) is 3.05. The van der Waals surface area contributed by atoms with Gasteiger partial charge in [0.25, 0.3) is 5.91 Å². The number of aromatic nitrogens is 4. The summed E-state index contributed by atoms with van der Waals surface area (Å²) >= 11 is 1.61. The Balaban J connectivity index is 1.57. The van der Waals surface area contributed by atoms with Gasteiger partial charge in [-0.2, -0.15) is 5.10 Å². The van der Waals surface area contributed by atoms with Crippen molar-refractivity contribution in [3.8, 4) is 10.6 Å². The Bertz CT molecular complexity index is 1000. The van der Waals surface area contributed by atoms with Gasteiger partial charge in [0.15, 0.2) is 5.69 Å². The van der Waals surface area contributed by atoms with Crippen LogP contribution in [0.1, 0.15) is 23.1 Å². The van der Waals surface area contributed by atoms with Crippen molar-refractivity contribution in [1.29, 1.82) is 0 Å². The van der Waals surface area contributed by atoms with E-state index in [-0.39, 0.29) is 5.91 Å². The summed E-state index contributed by atoms with van der Waals surface area (Å²) in [6.07, 6.45) is 3.77. The van der Waals surface area contributed by atoms with Crippen LogP contribution in [0.3, 0.4) is 0 Å². The number of rotatable bonds is 5. The van der Waals surface area contributed by atoms with Crippen molar-refractivity contribution in [2.75, 3.05) is 6.54 Å². The summed E-state index contributed by atoms with van der Waals surface area (Å²) in [5, 5.41) is 9.15. The van der Waals surface area contributed by atoms with Gasteiger partial charge in [-0.25, -0.2) is 4.98 Å². The second kappa shape index (κ2) is 6.52. The van der Waals surface area contributed by atoms with E-state index in [0.29, 0.717) is 18.8 Å². The summed E-state index contributed by atoms with van der Waals surface area (Å²) in [7, 11) is 0. The molecule has 0 saturated heterocycles. The Morgan fingerprint density at radius 1 is 1.32 bits per heavy atom. The van der Waals surface area contributed by atoms with E-state index >= 15 is 0 Å². The monoisotopic (exact) mass is 351 g/mol.